The lowest BCUT2D eigenvalue weighted by Crippen LogP contribution is -2.62. The van der Waals surface area contributed by atoms with Gasteiger partial charge in [-0.25, -0.2) is 0 Å². The number of nitrogens with zero attached hydrogens (tertiary/aromatic N) is 2. The smallest absolute Gasteiger partial charge is 0.238 e. The Kier molecular flexibility index (Phi) is 7.13. The molecule has 6 nitrogen and oxygen atoms in total. The first-order valence-electron chi connectivity index (χ1n) is 11.2. The molecule has 0 radical (unpaired) electrons. The number of benzene rings is 2. The van der Waals surface area contributed by atoms with Crippen LogP contribution in [0.15, 0.2) is 54.6 Å². The van der Waals surface area contributed by atoms with Crippen LogP contribution in [0.4, 0.5) is 0 Å². The van der Waals surface area contributed by atoms with E-state index in [1.807, 2.05) is 47.4 Å². The molecule has 2 amide bonds. The maximum atomic E-state index is 14.0. The molecule has 170 valence electrons. The third-order valence-corrected chi connectivity index (χ3v) is 6.96. The van der Waals surface area contributed by atoms with E-state index in [9.17, 15) is 9.59 Å². The number of carbonyl (C=O) groups excluding carboxylic acids is 2. The van der Waals surface area contributed by atoms with Crippen molar-refractivity contribution in [2.24, 2.45) is 0 Å². The number of likely N-dealkylation sites (N-methyl/N-ethyl adjacent to an activating group) is 1. The summed E-state index contributed by atoms with van der Waals surface area (Å²) in [5.41, 5.74) is 1.49. The molecule has 0 aromatic heterocycles. The van der Waals surface area contributed by atoms with Crippen molar-refractivity contribution in [3.8, 4) is 0 Å². The molecule has 0 saturated carbocycles. The van der Waals surface area contributed by atoms with E-state index < -0.39 is 5.41 Å². The van der Waals surface area contributed by atoms with Gasteiger partial charge < -0.3 is 15.0 Å². The molecule has 2 aromatic carbocycles. The van der Waals surface area contributed by atoms with Gasteiger partial charge in [0.15, 0.2) is 0 Å². The molecule has 2 aliphatic heterocycles. The normalized spacial score (nSPS) is 21.2. The molecule has 2 heterocycles. The van der Waals surface area contributed by atoms with Gasteiger partial charge in [-0.05, 0) is 36.1 Å². The molecule has 0 spiro atoms. The fraction of sp³-hybridized carbons (Fsp3) is 0.440. The molecule has 2 aromatic rings. The minimum absolute atomic E-state index is 0.0639. The van der Waals surface area contributed by atoms with E-state index in [1.54, 1.807) is 7.05 Å². The molecule has 7 heteroatoms. The lowest BCUT2D eigenvalue weighted by atomic mass is 9.72. The van der Waals surface area contributed by atoms with E-state index in [-0.39, 0.29) is 17.9 Å². The quantitative estimate of drug-likeness (QED) is 0.753. The average Bonchev–Trinajstić information content (AvgIpc) is 2.85. The zero-order chi connectivity index (χ0) is 22.6. The van der Waals surface area contributed by atoms with Gasteiger partial charge in [-0.3, -0.25) is 14.5 Å². The predicted octanol–water partition coefficient (Wildman–Crippen LogP) is 2.85. The van der Waals surface area contributed by atoms with Crippen molar-refractivity contribution in [2.75, 3.05) is 39.9 Å². The topological polar surface area (TPSA) is 61.9 Å². The third-order valence-electron chi connectivity index (χ3n) is 6.71. The molecule has 4 rings (SSSR count). The van der Waals surface area contributed by atoms with E-state index in [1.165, 1.54) is 0 Å². The van der Waals surface area contributed by atoms with Gasteiger partial charge in [0, 0.05) is 51.5 Å². The van der Waals surface area contributed by atoms with Crippen LogP contribution in [0.1, 0.15) is 24.0 Å². The van der Waals surface area contributed by atoms with Gasteiger partial charge in [0.25, 0.3) is 0 Å². The van der Waals surface area contributed by atoms with Crippen molar-refractivity contribution >= 4 is 23.4 Å². The van der Waals surface area contributed by atoms with Crippen molar-refractivity contribution in [3.05, 3.63) is 70.7 Å². The van der Waals surface area contributed by atoms with Crippen LogP contribution in [-0.4, -0.2) is 67.6 Å². The molecule has 0 aliphatic carbocycles. The van der Waals surface area contributed by atoms with E-state index in [4.69, 9.17) is 16.3 Å². The lowest BCUT2D eigenvalue weighted by molar-refractivity contribution is -0.146. The van der Waals surface area contributed by atoms with Crippen molar-refractivity contribution < 1.29 is 14.3 Å². The molecule has 1 N–H and O–H groups in total. The summed E-state index contributed by atoms with van der Waals surface area (Å²) in [6.45, 7) is 3.38. The first-order chi connectivity index (χ1) is 15.5. The molecule has 2 aliphatic rings. The van der Waals surface area contributed by atoms with Crippen LogP contribution in [0.2, 0.25) is 5.02 Å². The van der Waals surface area contributed by atoms with Gasteiger partial charge in [-0.1, -0.05) is 54.1 Å². The zero-order valence-corrected chi connectivity index (χ0v) is 19.2. The van der Waals surface area contributed by atoms with Crippen LogP contribution < -0.4 is 5.32 Å². The first-order valence-corrected chi connectivity index (χ1v) is 11.5. The predicted molar refractivity (Wildman–Crippen MR) is 124 cm³/mol. The monoisotopic (exact) mass is 455 g/mol. The molecule has 1 atom stereocenters. The van der Waals surface area contributed by atoms with Crippen LogP contribution in [0, 0.1) is 0 Å². The number of hydrogen-bond acceptors (Lipinski definition) is 4. The number of rotatable bonds is 5. The largest absolute Gasteiger partial charge is 0.381 e. The summed E-state index contributed by atoms with van der Waals surface area (Å²) in [6.07, 6.45) is 1.25. The molecular weight excluding hydrogens is 426 g/mol. The Morgan fingerprint density at radius 3 is 2.41 bits per heavy atom. The van der Waals surface area contributed by atoms with Crippen molar-refractivity contribution in [2.45, 2.75) is 30.8 Å². The van der Waals surface area contributed by atoms with E-state index >= 15 is 0 Å². The second-order valence-corrected chi connectivity index (χ2v) is 8.98. The van der Waals surface area contributed by atoms with E-state index in [2.05, 4.69) is 22.3 Å². The summed E-state index contributed by atoms with van der Waals surface area (Å²) < 4.78 is 5.60. The Bertz CT molecular complexity index is 929. The van der Waals surface area contributed by atoms with Crippen LogP contribution in [0.25, 0.3) is 0 Å². The number of carbonyl (C=O) groups is 2. The fourth-order valence-corrected chi connectivity index (χ4v) is 4.97. The summed E-state index contributed by atoms with van der Waals surface area (Å²) in [7, 11) is 1.65. The third kappa shape index (κ3) is 4.68. The summed E-state index contributed by atoms with van der Waals surface area (Å²) in [5.74, 6) is 0.0161. The Labute approximate surface area is 194 Å². The lowest BCUT2D eigenvalue weighted by Gasteiger charge is -2.45. The van der Waals surface area contributed by atoms with Crippen molar-refractivity contribution in [1.82, 2.24) is 15.1 Å². The van der Waals surface area contributed by atoms with Crippen LogP contribution in [0.3, 0.4) is 0 Å². The molecule has 2 fully saturated rings. The number of hydrogen-bond donors (Lipinski definition) is 1. The van der Waals surface area contributed by atoms with Gasteiger partial charge in [-0.2, -0.15) is 0 Å². The maximum Gasteiger partial charge on any atom is 0.238 e. The van der Waals surface area contributed by atoms with E-state index in [0.29, 0.717) is 57.3 Å². The number of halogens is 1. The highest BCUT2D eigenvalue weighted by atomic mass is 35.5. The Hall–Kier alpha value is -2.41. The minimum Gasteiger partial charge on any atom is -0.381 e. The first kappa shape index (κ1) is 22.8. The Balaban J connectivity index is 1.57. The second kappa shape index (κ2) is 10.0. The van der Waals surface area contributed by atoms with Gasteiger partial charge in [0.05, 0.1) is 5.41 Å². The number of ether oxygens (including phenoxy) is 1. The zero-order valence-electron chi connectivity index (χ0n) is 18.4. The molecular formula is C25H30ClN3O3. The summed E-state index contributed by atoms with van der Waals surface area (Å²) >= 11 is 6.11. The SMILES string of the molecule is CNC(=O)[C@H]1CN(C(=O)C2(c3ccc(Cl)cc3)CCOCC2)CCN1Cc1ccccc1. The standard InChI is InChI=1S/C25H30ClN3O3/c1-27-23(30)22-18-29(14-13-28(22)17-19-5-3-2-4-6-19)24(31)25(11-15-32-16-12-25)20-7-9-21(26)10-8-20/h2-10,22H,11-18H2,1H3,(H,27,30)/t22-/m1/s1. The second-order valence-electron chi connectivity index (χ2n) is 8.54. The number of piperazine rings is 1. The molecule has 2 saturated heterocycles. The summed E-state index contributed by atoms with van der Waals surface area (Å²) in [6, 6.07) is 17.3. The van der Waals surface area contributed by atoms with E-state index in [0.717, 1.165) is 11.1 Å². The van der Waals surface area contributed by atoms with Crippen molar-refractivity contribution in [1.29, 1.82) is 0 Å². The van der Waals surface area contributed by atoms with Gasteiger partial charge >= 0.3 is 0 Å². The van der Waals surface area contributed by atoms with Crippen LogP contribution >= 0.6 is 11.6 Å². The molecule has 0 bridgehead atoms. The summed E-state index contributed by atoms with van der Waals surface area (Å²) in [5, 5.41) is 3.43. The fourth-order valence-electron chi connectivity index (χ4n) is 4.84. The van der Waals surface area contributed by atoms with Crippen molar-refractivity contribution in [3.63, 3.8) is 0 Å². The molecule has 0 unspecified atom stereocenters. The van der Waals surface area contributed by atoms with Gasteiger partial charge in [0.2, 0.25) is 11.8 Å². The summed E-state index contributed by atoms with van der Waals surface area (Å²) in [4.78, 5) is 30.8. The number of nitrogens with one attached hydrogen (secondary N) is 1. The van der Waals surface area contributed by atoms with Crippen LogP contribution in [-0.2, 0) is 26.3 Å². The minimum atomic E-state index is -0.641. The highest BCUT2D eigenvalue weighted by Crippen LogP contribution is 2.38. The Morgan fingerprint density at radius 1 is 1.06 bits per heavy atom. The van der Waals surface area contributed by atoms with Gasteiger partial charge in [0.1, 0.15) is 6.04 Å². The highest BCUT2D eigenvalue weighted by molar-refractivity contribution is 6.30. The van der Waals surface area contributed by atoms with Gasteiger partial charge in [-0.15, -0.1) is 0 Å². The van der Waals surface area contributed by atoms with Crippen LogP contribution in [0.5, 0.6) is 0 Å². The maximum absolute atomic E-state index is 14.0. The number of amides is 2. The molecule has 32 heavy (non-hydrogen) atoms. The average molecular weight is 456 g/mol. The Morgan fingerprint density at radius 2 is 1.75 bits per heavy atom. The highest BCUT2D eigenvalue weighted by Gasteiger charge is 2.46.